The summed E-state index contributed by atoms with van der Waals surface area (Å²) < 4.78 is 29.1. The highest BCUT2D eigenvalue weighted by molar-refractivity contribution is 7.17. The van der Waals surface area contributed by atoms with E-state index in [1.54, 1.807) is 6.07 Å². The molecule has 0 saturated carbocycles. The van der Waals surface area contributed by atoms with Crippen molar-refractivity contribution in [3.63, 3.8) is 0 Å². The maximum atomic E-state index is 14.4. The van der Waals surface area contributed by atoms with E-state index in [1.807, 2.05) is 10.3 Å². The molecule has 2 aliphatic rings. The number of anilines is 1. The molecule has 1 N–H and O–H groups in total. The number of piperazine rings is 1. The summed E-state index contributed by atoms with van der Waals surface area (Å²) in [5.74, 6) is -1.33. The highest BCUT2D eigenvalue weighted by Crippen LogP contribution is 2.34. The van der Waals surface area contributed by atoms with Gasteiger partial charge in [0, 0.05) is 19.6 Å². The number of hydrogen-bond donors (Lipinski definition) is 1. The number of thiophene rings is 1. The van der Waals surface area contributed by atoms with Gasteiger partial charge in [-0.3, -0.25) is 10.1 Å². The van der Waals surface area contributed by atoms with Gasteiger partial charge in [-0.25, -0.2) is 23.5 Å². The van der Waals surface area contributed by atoms with Crippen LogP contribution in [0.2, 0.25) is 5.02 Å². The van der Waals surface area contributed by atoms with Crippen molar-refractivity contribution in [3.8, 4) is 11.4 Å². The first-order valence-corrected chi connectivity index (χ1v) is 9.94. The maximum absolute atomic E-state index is 14.4. The number of urea groups is 1. The quantitative estimate of drug-likeness (QED) is 0.494. The zero-order chi connectivity index (χ0) is 20.3. The van der Waals surface area contributed by atoms with Crippen LogP contribution in [0.25, 0.3) is 21.6 Å². The molecule has 11 heteroatoms. The van der Waals surface area contributed by atoms with Crippen LogP contribution < -0.4 is 10.2 Å². The van der Waals surface area contributed by atoms with Crippen LogP contribution in [0.15, 0.2) is 23.6 Å². The summed E-state index contributed by atoms with van der Waals surface area (Å²) in [7, 11) is 0. The summed E-state index contributed by atoms with van der Waals surface area (Å²) in [5, 5.41) is 3.81. The van der Waals surface area contributed by atoms with Gasteiger partial charge in [0.25, 0.3) is 5.91 Å². The Hall–Kier alpha value is -2.85. The van der Waals surface area contributed by atoms with E-state index in [2.05, 4.69) is 15.3 Å². The van der Waals surface area contributed by atoms with Crippen molar-refractivity contribution in [2.75, 3.05) is 24.5 Å². The van der Waals surface area contributed by atoms with E-state index in [1.165, 1.54) is 16.2 Å². The third-order valence-electron chi connectivity index (χ3n) is 5.01. The number of benzene rings is 1. The third kappa shape index (κ3) is 2.90. The first-order valence-electron chi connectivity index (χ1n) is 8.69. The third-order valence-corrected chi connectivity index (χ3v) is 6.20. The smallest absolute Gasteiger partial charge is 0.324 e. The number of imide groups is 1. The van der Waals surface area contributed by atoms with Gasteiger partial charge in [0.05, 0.1) is 20.8 Å². The van der Waals surface area contributed by atoms with Crippen molar-refractivity contribution in [3.05, 3.63) is 40.2 Å². The van der Waals surface area contributed by atoms with Crippen molar-refractivity contribution < 1.29 is 18.4 Å². The molecule has 1 unspecified atom stereocenters. The molecule has 0 spiro atoms. The summed E-state index contributed by atoms with van der Waals surface area (Å²) >= 11 is 7.06. The van der Waals surface area contributed by atoms with E-state index in [-0.39, 0.29) is 28.9 Å². The molecule has 0 bridgehead atoms. The average Bonchev–Trinajstić information content (AvgIpc) is 3.28. The first kappa shape index (κ1) is 18.2. The van der Waals surface area contributed by atoms with E-state index in [0.29, 0.717) is 24.4 Å². The predicted molar refractivity (Wildman–Crippen MR) is 104 cm³/mol. The Morgan fingerprint density at radius 2 is 2.00 bits per heavy atom. The fraction of sp³-hybridized carbons (Fsp3) is 0.222. The Kier molecular flexibility index (Phi) is 4.14. The lowest BCUT2D eigenvalue weighted by molar-refractivity contribution is -0.121. The van der Waals surface area contributed by atoms with Crippen LogP contribution in [-0.2, 0) is 4.79 Å². The second-order valence-electron chi connectivity index (χ2n) is 6.70. The number of fused-ring (bicyclic) bond motifs is 2. The van der Waals surface area contributed by atoms with Gasteiger partial charge >= 0.3 is 6.03 Å². The number of carbonyl (C=O) groups is 2. The minimum atomic E-state index is -0.770. The molecule has 148 valence electrons. The normalized spacial score (nSPS) is 19.1. The van der Waals surface area contributed by atoms with Crippen LogP contribution >= 0.6 is 22.9 Å². The Bertz CT molecular complexity index is 1190. The van der Waals surface area contributed by atoms with Crippen LogP contribution in [0.4, 0.5) is 19.4 Å². The van der Waals surface area contributed by atoms with Gasteiger partial charge in [0.15, 0.2) is 11.6 Å². The molecule has 29 heavy (non-hydrogen) atoms. The van der Waals surface area contributed by atoms with Crippen LogP contribution in [0.5, 0.6) is 0 Å². The molecule has 7 nitrogen and oxygen atoms in total. The molecule has 3 amide bonds. The summed E-state index contributed by atoms with van der Waals surface area (Å²) in [6, 6.07) is 2.61. The lowest BCUT2D eigenvalue weighted by atomic mass is 10.1. The minimum Gasteiger partial charge on any atom is -0.351 e. The second-order valence-corrected chi connectivity index (χ2v) is 8.02. The monoisotopic (exact) mass is 435 g/mol. The van der Waals surface area contributed by atoms with E-state index in [0.717, 1.165) is 16.8 Å². The van der Waals surface area contributed by atoms with Crippen molar-refractivity contribution in [1.82, 2.24) is 20.2 Å². The topological polar surface area (TPSA) is 78.4 Å². The van der Waals surface area contributed by atoms with Crippen LogP contribution in [0.3, 0.4) is 0 Å². The van der Waals surface area contributed by atoms with Crippen LogP contribution in [0.1, 0.15) is 0 Å². The molecule has 2 fully saturated rings. The lowest BCUT2D eigenvalue weighted by Crippen LogP contribution is -2.53. The number of nitrogens with zero attached hydrogens (tertiary/aromatic N) is 4. The molecular weight excluding hydrogens is 424 g/mol. The van der Waals surface area contributed by atoms with Crippen molar-refractivity contribution in [2.24, 2.45) is 0 Å². The molecule has 1 aromatic carbocycles. The van der Waals surface area contributed by atoms with Gasteiger partial charge in [0.1, 0.15) is 17.7 Å². The van der Waals surface area contributed by atoms with E-state index >= 15 is 0 Å². The average molecular weight is 436 g/mol. The number of amides is 3. The standard InChI is InChI=1S/C18H12ClF2N5O2S/c19-9-6-10(20)8(5-11(9)21)15-22-12-1-4-29-14(12)16(23-15)25-2-3-26-13(7-25)17(27)24-18(26)28/h1,4-6,13H,2-3,7H2,(H,24,27,28). The Balaban J connectivity index is 1.60. The minimum absolute atomic E-state index is 0.0216. The van der Waals surface area contributed by atoms with Gasteiger partial charge in [-0.15, -0.1) is 11.3 Å². The van der Waals surface area contributed by atoms with Gasteiger partial charge in [-0.1, -0.05) is 11.6 Å². The molecule has 5 rings (SSSR count). The number of hydrogen-bond acceptors (Lipinski definition) is 6. The number of aromatic nitrogens is 2. The molecule has 2 aromatic heterocycles. The highest BCUT2D eigenvalue weighted by Gasteiger charge is 2.42. The molecule has 0 radical (unpaired) electrons. The summed E-state index contributed by atoms with van der Waals surface area (Å²) in [6.45, 7) is 1.04. The van der Waals surface area contributed by atoms with E-state index < -0.39 is 23.7 Å². The molecule has 3 aromatic rings. The largest absolute Gasteiger partial charge is 0.351 e. The predicted octanol–water partition coefficient (Wildman–Crippen LogP) is 3.03. The van der Waals surface area contributed by atoms with Crippen LogP contribution in [-0.4, -0.2) is 52.5 Å². The van der Waals surface area contributed by atoms with Gasteiger partial charge in [-0.05, 0) is 23.6 Å². The zero-order valence-electron chi connectivity index (χ0n) is 14.7. The molecule has 1 atom stereocenters. The summed E-state index contributed by atoms with van der Waals surface area (Å²) in [4.78, 5) is 36.1. The first-order chi connectivity index (χ1) is 13.9. The van der Waals surface area contributed by atoms with Gasteiger partial charge in [0.2, 0.25) is 0 Å². The summed E-state index contributed by atoms with van der Waals surface area (Å²) in [6.07, 6.45) is 0. The summed E-state index contributed by atoms with van der Waals surface area (Å²) in [5.41, 5.74) is 0.479. The Labute approximate surface area is 171 Å². The highest BCUT2D eigenvalue weighted by atomic mass is 35.5. The van der Waals surface area contributed by atoms with Gasteiger partial charge in [-0.2, -0.15) is 0 Å². The zero-order valence-corrected chi connectivity index (χ0v) is 16.2. The fourth-order valence-electron chi connectivity index (χ4n) is 3.58. The van der Waals surface area contributed by atoms with Crippen molar-refractivity contribution >= 4 is 50.9 Å². The number of rotatable bonds is 2. The van der Waals surface area contributed by atoms with E-state index in [4.69, 9.17) is 11.6 Å². The number of halogens is 3. The van der Waals surface area contributed by atoms with Crippen LogP contribution in [0, 0.1) is 11.6 Å². The molecule has 4 heterocycles. The molecule has 0 aliphatic carbocycles. The second kappa shape index (κ2) is 6.60. The molecule has 2 saturated heterocycles. The Morgan fingerprint density at radius 3 is 2.83 bits per heavy atom. The van der Waals surface area contributed by atoms with Crippen molar-refractivity contribution in [1.29, 1.82) is 0 Å². The fourth-order valence-corrected chi connectivity index (χ4v) is 4.58. The molecular formula is C18H12ClF2N5O2S. The lowest BCUT2D eigenvalue weighted by Gasteiger charge is -2.36. The van der Waals surface area contributed by atoms with Crippen molar-refractivity contribution in [2.45, 2.75) is 6.04 Å². The molecule has 2 aliphatic heterocycles. The van der Waals surface area contributed by atoms with E-state index in [9.17, 15) is 18.4 Å². The SMILES string of the molecule is O=C1NC(=O)N2CCN(c3nc(-c4cc(F)c(Cl)cc4F)nc4ccsc34)CC12. The maximum Gasteiger partial charge on any atom is 0.324 e. The Morgan fingerprint density at radius 1 is 1.17 bits per heavy atom. The number of nitrogens with one attached hydrogen (secondary N) is 1. The van der Waals surface area contributed by atoms with Gasteiger partial charge < -0.3 is 9.80 Å². The number of carbonyl (C=O) groups excluding carboxylic acids is 2.